The number of nitrogens with zero attached hydrogens (tertiary/aromatic N) is 4. The standard InChI is InChI=1S/C25H27N5O4/c1-3-33-20-8-10-21(11-9-20)34-16-23(31)26-12-13-30-24-22(14-28-30)25(32)29(17-27-24)15-19-6-4-18(2)5-7-19/h4-11,14,17H,3,12-13,15-16H2,1-2H3,(H,26,31). The summed E-state index contributed by atoms with van der Waals surface area (Å²) in [6.07, 6.45) is 3.05. The number of ether oxygens (including phenoxy) is 2. The summed E-state index contributed by atoms with van der Waals surface area (Å²) in [5.74, 6) is 1.09. The van der Waals surface area contributed by atoms with Crippen molar-refractivity contribution in [1.29, 1.82) is 0 Å². The molecule has 0 aliphatic carbocycles. The lowest BCUT2D eigenvalue weighted by atomic mass is 10.1. The number of rotatable bonds is 10. The second-order valence-electron chi connectivity index (χ2n) is 7.81. The van der Waals surface area contributed by atoms with E-state index in [0.29, 0.717) is 43.0 Å². The number of fused-ring (bicyclic) bond motifs is 1. The molecule has 9 nitrogen and oxygen atoms in total. The maximum absolute atomic E-state index is 12.8. The molecule has 1 amide bonds. The number of aromatic nitrogens is 4. The maximum Gasteiger partial charge on any atom is 0.264 e. The third-order valence-corrected chi connectivity index (χ3v) is 5.25. The summed E-state index contributed by atoms with van der Waals surface area (Å²) in [7, 11) is 0. The first kappa shape index (κ1) is 23.0. The molecule has 1 N–H and O–H groups in total. The van der Waals surface area contributed by atoms with Gasteiger partial charge in [-0.15, -0.1) is 0 Å². The minimum Gasteiger partial charge on any atom is -0.494 e. The highest BCUT2D eigenvalue weighted by atomic mass is 16.5. The molecular formula is C25H27N5O4. The Morgan fingerprint density at radius 3 is 2.44 bits per heavy atom. The number of aryl methyl sites for hydroxylation is 1. The summed E-state index contributed by atoms with van der Waals surface area (Å²) in [4.78, 5) is 29.4. The quantitative estimate of drug-likeness (QED) is 0.390. The number of amides is 1. The Balaban J connectivity index is 1.30. The van der Waals surface area contributed by atoms with E-state index in [9.17, 15) is 9.59 Å². The number of carbonyl (C=O) groups excluding carboxylic acids is 1. The van der Waals surface area contributed by atoms with Crippen molar-refractivity contribution in [3.05, 3.63) is 82.5 Å². The molecule has 34 heavy (non-hydrogen) atoms. The SMILES string of the molecule is CCOc1ccc(OCC(=O)NCCn2ncc3c(=O)n(Cc4ccc(C)cc4)cnc32)cc1. The summed E-state index contributed by atoms with van der Waals surface area (Å²) in [5.41, 5.74) is 2.53. The van der Waals surface area contributed by atoms with E-state index in [1.54, 1.807) is 33.5 Å². The molecule has 0 unspecified atom stereocenters. The van der Waals surface area contributed by atoms with E-state index >= 15 is 0 Å². The fourth-order valence-corrected chi connectivity index (χ4v) is 3.46. The molecular weight excluding hydrogens is 434 g/mol. The van der Waals surface area contributed by atoms with Crippen molar-refractivity contribution < 1.29 is 14.3 Å². The molecule has 176 valence electrons. The lowest BCUT2D eigenvalue weighted by Gasteiger charge is -2.09. The van der Waals surface area contributed by atoms with Crippen LogP contribution in [-0.4, -0.2) is 45.0 Å². The first-order chi connectivity index (χ1) is 16.5. The van der Waals surface area contributed by atoms with Crippen molar-refractivity contribution in [3.63, 3.8) is 0 Å². The monoisotopic (exact) mass is 461 g/mol. The smallest absolute Gasteiger partial charge is 0.264 e. The zero-order valence-electron chi connectivity index (χ0n) is 19.2. The van der Waals surface area contributed by atoms with Gasteiger partial charge in [0.15, 0.2) is 12.3 Å². The van der Waals surface area contributed by atoms with Crippen molar-refractivity contribution in [2.24, 2.45) is 0 Å². The lowest BCUT2D eigenvalue weighted by molar-refractivity contribution is -0.123. The van der Waals surface area contributed by atoms with Crippen molar-refractivity contribution in [2.75, 3.05) is 19.8 Å². The van der Waals surface area contributed by atoms with Crippen LogP contribution in [0.2, 0.25) is 0 Å². The molecule has 0 spiro atoms. The van der Waals surface area contributed by atoms with Crippen LogP contribution in [0.3, 0.4) is 0 Å². The Hall–Kier alpha value is -4.14. The van der Waals surface area contributed by atoms with Crippen LogP contribution in [0.15, 0.2) is 65.8 Å². The van der Waals surface area contributed by atoms with Crippen LogP contribution < -0.4 is 20.3 Å². The highest BCUT2D eigenvalue weighted by Crippen LogP contribution is 2.17. The lowest BCUT2D eigenvalue weighted by Crippen LogP contribution is -2.31. The number of hydrogen-bond donors (Lipinski definition) is 1. The number of hydrogen-bond acceptors (Lipinski definition) is 6. The topological polar surface area (TPSA) is 100 Å². The molecule has 0 aliphatic rings. The Morgan fingerprint density at radius 1 is 1.03 bits per heavy atom. The van der Waals surface area contributed by atoms with Gasteiger partial charge in [-0.05, 0) is 43.7 Å². The van der Waals surface area contributed by atoms with Crippen LogP contribution in [0.25, 0.3) is 11.0 Å². The molecule has 4 rings (SSSR count). The molecule has 4 aromatic rings. The van der Waals surface area contributed by atoms with Crippen LogP contribution in [0.4, 0.5) is 0 Å². The summed E-state index contributed by atoms with van der Waals surface area (Å²) in [6.45, 7) is 5.58. The first-order valence-electron chi connectivity index (χ1n) is 11.1. The molecule has 0 saturated heterocycles. The molecule has 2 heterocycles. The van der Waals surface area contributed by atoms with Crippen LogP contribution in [0, 0.1) is 6.92 Å². The third-order valence-electron chi connectivity index (χ3n) is 5.25. The zero-order chi connectivity index (χ0) is 23.9. The zero-order valence-corrected chi connectivity index (χ0v) is 19.2. The molecule has 0 fully saturated rings. The van der Waals surface area contributed by atoms with Gasteiger partial charge >= 0.3 is 0 Å². The summed E-state index contributed by atoms with van der Waals surface area (Å²) in [5, 5.41) is 7.51. The van der Waals surface area contributed by atoms with Gasteiger partial charge in [-0.3, -0.25) is 14.2 Å². The van der Waals surface area contributed by atoms with Crippen molar-refractivity contribution >= 4 is 16.9 Å². The van der Waals surface area contributed by atoms with Crippen molar-refractivity contribution in [2.45, 2.75) is 26.9 Å². The van der Waals surface area contributed by atoms with E-state index in [1.165, 1.54) is 18.1 Å². The van der Waals surface area contributed by atoms with Gasteiger partial charge in [0.1, 0.15) is 23.2 Å². The van der Waals surface area contributed by atoms with E-state index in [-0.39, 0.29) is 18.1 Å². The predicted molar refractivity (Wildman–Crippen MR) is 128 cm³/mol. The van der Waals surface area contributed by atoms with Gasteiger partial charge in [-0.1, -0.05) is 29.8 Å². The van der Waals surface area contributed by atoms with Crippen molar-refractivity contribution in [1.82, 2.24) is 24.6 Å². The highest BCUT2D eigenvalue weighted by Gasteiger charge is 2.11. The third kappa shape index (κ3) is 5.61. The molecule has 2 aromatic carbocycles. The summed E-state index contributed by atoms with van der Waals surface area (Å²) in [6, 6.07) is 15.1. The fourth-order valence-electron chi connectivity index (χ4n) is 3.46. The van der Waals surface area contributed by atoms with Gasteiger partial charge in [0.25, 0.3) is 11.5 Å². The summed E-state index contributed by atoms with van der Waals surface area (Å²) >= 11 is 0. The average molecular weight is 462 g/mol. The van der Waals surface area contributed by atoms with E-state index in [2.05, 4.69) is 15.4 Å². The number of nitrogens with one attached hydrogen (secondary N) is 1. The molecule has 0 atom stereocenters. The molecule has 0 bridgehead atoms. The number of benzene rings is 2. The highest BCUT2D eigenvalue weighted by molar-refractivity contribution is 5.77. The van der Waals surface area contributed by atoms with Gasteiger partial charge in [-0.2, -0.15) is 5.10 Å². The van der Waals surface area contributed by atoms with Gasteiger partial charge in [0.2, 0.25) is 0 Å². The van der Waals surface area contributed by atoms with Crippen LogP contribution >= 0.6 is 0 Å². The van der Waals surface area contributed by atoms with Gasteiger partial charge < -0.3 is 14.8 Å². The number of carbonyl (C=O) groups is 1. The molecule has 0 saturated carbocycles. The first-order valence-corrected chi connectivity index (χ1v) is 11.1. The second-order valence-corrected chi connectivity index (χ2v) is 7.81. The molecule has 0 aliphatic heterocycles. The Morgan fingerprint density at radius 2 is 1.74 bits per heavy atom. The van der Waals surface area contributed by atoms with E-state index in [0.717, 1.165) is 11.3 Å². The Labute approximate surface area is 197 Å². The fraction of sp³-hybridized carbons (Fsp3) is 0.280. The average Bonchev–Trinajstić information content (AvgIpc) is 3.26. The molecule has 2 aromatic heterocycles. The van der Waals surface area contributed by atoms with Crippen molar-refractivity contribution in [3.8, 4) is 11.5 Å². The molecule has 9 heteroatoms. The predicted octanol–water partition coefficient (Wildman–Crippen LogP) is 2.54. The Bertz CT molecular complexity index is 1310. The van der Waals surface area contributed by atoms with Gasteiger partial charge in [0.05, 0.1) is 25.9 Å². The molecule has 0 radical (unpaired) electrons. The van der Waals surface area contributed by atoms with Crippen LogP contribution in [0.1, 0.15) is 18.1 Å². The maximum atomic E-state index is 12.8. The minimum atomic E-state index is -0.251. The largest absolute Gasteiger partial charge is 0.494 e. The minimum absolute atomic E-state index is 0.101. The van der Waals surface area contributed by atoms with E-state index in [4.69, 9.17) is 9.47 Å². The Kier molecular flexibility index (Phi) is 7.22. The normalized spacial score (nSPS) is 10.9. The van der Waals surface area contributed by atoms with Crippen LogP contribution in [0.5, 0.6) is 11.5 Å². The van der Waals surface area contributed by atoms with E-state index < -0.39 is 0 Å². The summed E-state index contributed by atoms with van der Waals surface area (Å²) < 4.78 is 14.1. The van der Waals surface area contributed by atoms with Gasteiger partial charge in [-0.25, -0.2) is 9.67 Å². The van der Waals surface area contributed by atoms with Gasteiger partial charge in [0, 0.05) is 6.54 Å². The van der Waals surface area contributed by atoms with Crippen LogP contribution in [-0.2, 0) is 17.9 Å². The second kappa shape index (κ2) is 10.7. The van der Waals surface area contributed by atoms with E-state index in [1.807, 2.05) is 38.1 Å².